The molecular weight excluding hydrogens is 286 g/mol. The Balaban J connectivity index is 2.75. The first-order chi connectivity index (χ1) is 9.38. The predicted octanol–water partition coefficient (Wildman–Crippen LogP) is 0.598. The van der Waals surface area contributed by atoms with Crippen molar-refractivity contribution in [1.82, 2.24) is 4.72 Å². The molecule has 1 aromatic carbocycles. The van der Waals surface area contributed by atoms with Crippen LogP contribution in [0.5, 0.6) is 11.5 Å². The Morgan fingerprint density at radius 1 is 1.30 bits per heavy atom. The third kappa shape index (κ3) is 5.06. The van der Waals surface area contributed by atoms with Crippen LogP contribution in [0.1, 0.15) is 12.0 Å². The number of carbonyl (C=O) groups is 1. The summed E-state index contributed by atoms with van der Waals surface area (Å²) in [4.78, 5) is 10.4. The minimum absolute atomic E-state index is 0.00231. The fraction of sp³-hybridized carbons (Fsp3) is 0.417. The lowest BCUT2D eigenvalue weighted by atomic mass is 10.2. The van der Waals surface area contributed by atoms with Gasteiger partial charge in [-0.15, -0.1) is 0 Å². The van der Waals surface area contributed by atoms with E-state index in [0.29, 0.717) is 17.1 Å². The highest BCUT2D eigenvalue weighted by atomic mass is 32.2. The zero-order valence-corrected chi connectivity index (χ0v) is 12.1. The van der Waals surface area contributed by atoms with Gasteiger partial charge in [-0.3, -0.25) is 4.79 Å². The van der Waals surface area contributed by atoms with Crippen molar-refractivity contribution in [2.45, 2.75) is 13.0 Å². The highest BCUT2D eigenvalue weighted by molar-refractivity contribution is 7.89. The van der Waals surface area contributed by atoms with Crippen LogP contribution in [-0.2, 0) is 21.4 Å². The Morgan fingerprint density at radius 2 is 2.00 bits per heavy atom. The largest absolute Gasteiger partial charge is 0.497 e. The summed E-state index contributed by atoms with van der Waals surface area (Å²) in [5.74, 6) is -0.527. The van der Waals surface area contributed by atoms with Crippen molar-refractivity contribution in [3.8, 4) is 11.5 Å². The lowest BCUT2D eigenvalue weighted by Gasteiger charge is -2.11. The fourth-order valence-corrected chi connectivity index (χ4v) is 2.46. The zero-order chi connectivity index (χ0) is 15.2. The summed E-state index contributed by atoms with van der Waals surface area (Å²) in [6.07, 6.45) is -0.440. The second-order valence-corrected chi connectivity index (χ2v) is 5.89. The van der Waals surface area contributed by atoms with Gasteiger partial charge in [0.2, 0.25) is 10.0 Å². The van der Waals surface area contributed by atoms with E-state index >= 15 is 0 Å². The molecule has 0 saturated carbocycles. The number of hydrogen-bond donors (Lipinski definition) is 2. The standard InChI is InChI=1S/C12H17NO6S/c1-18-10-3-4-11(19-2)9(7-10)8-13-20(16,17)6-5-12(14)15/h3-4,7,13H,5-6,8H2,1-2H3,(H,14,15). The number of benzene rings is 1. The summed E-state index contributed by atoms with van der Waals surface area (Å²) < 4.78 is 35.7. The molecule has 0 aromatic heterocycles. The summed E-state index contributed by atoms with van der Waals surface area (Å²) in [5.41, 5.74) is 0.603. The molecule has 0 bridgehead atoms. The average Bonchev–Trinajstić information content (AvgIpc) is 2.43. The fourth-order valence-electron chi connectivity index (χ4n) is 1.50. The molecule has 112 valence electrons. The summed E-state index contributed by atoms with van der Waals surface area (Å²) in [6, 6.07) is 5.01. The summed E-state index contributed by atoms with van der Waals surface area (Å²) in [5, 5.41) is 8.48. The molecule has 0 atom stereocenters. The van der Waals surface area contributed by atoms with E-state index in [1.165, 1.54) is 14.2 Å². The molecule has 8 heteroatoms. The van der Waals surface area contributed by atoms with Gasteiger partial charge in [-0.05, 0) is 18.2 Å². The van der Waals surface area contributed by atoms with Crippen molar-refractivity contribution in [2.75, 3.05) is 20.0 Å². The first-order valence-corrected chi connectivity index (χ1v) is 7.43. The van der Waals surface area contributed by atoms with Gasteiger partial charge in [0.1, 0.15) is 11.5 Å². The van der Waals surface area contributed by atoms with Gasteiger partial charge in [0, 0.05) is 12.1 Å². The molecule has 1 aromatic rings. The molecule has 1 rings (SSSR count). The number of methoxy groups -OCH3 is 2. The molecule has 0 fully saturated rings. The van der Waals surface area contributed by atoms with Gasteiger partial charge in [-0.1, -0.05) is 0 Å². The number of carboxylic acid groups (broad SMARTS) is 1. The number of nitrogens with one attached hydrogen (secondary N) is 1. The van der Waals surface area contributed by atoms with Crippen molar-refractivity contribution >= 4 is 16.0 Å². The number of sulfonamides is 1. The molecule has 0 unspecified atom stereocenters. The highest BCUT2D eigenvalue weighted by Crippen LogP contribution is 2.23. The Hall–Kier alpha value is -1.80. The molecule has 0 amide bonds. The van der Waals surface area contributed by atoms with Gasteiger partial charge >= 0.3 is 5.97 Å². The molecule has 0 radical (unpaired) electrons. The molecule has 0 aliphatic carbocycles. The van der Waals surface area contributed by atoms with Crippen LogP contribution in [0.15, 0.2) is 18.2 Å². The topological polar surface area (TPSA) is 102 Å². The lowest BCUT2D eigenvalue weighted by molar-refractivity contribution is -0.136. The van der Waals surface area contributed by atoms with Crippen LogP contribution in [0, 0.1) is 0 Å². The second kappa shape index (κ2) is 7.11. The number of ether oxygens (including phenoxy) is 2. The molecule has 2 N–H and O–H groups in total. The van der Waals surface area contributed by atoms with Gasteiger partial charge in [-0.25, -0.2) is 13.1 Å². The Morgan fingerprint density at radius 3 is 2.55 bits per heavy atom. The smallest absolute Gasteiger partial charge is 0.304 e. The second-order valence-electron chi connectivity index (χ2n) is 3.96. The maximum absolute atomic E-state index is 11.6. The summed E-state index contributed by atoms with van der Waals surface area (Å²) >= 11 is 0. The molecular formula is C12H17NO6S. The molecule has 0 spiro atoms. The van der Waals surface area contributed by atoms with Crippen LogP contribution in [-0.4, -0.2) is 39.5 Å². The summed E-state index contributed by atoms with van der Waals surface area (Å²) in [6.45, 7) is 0.00231. The monoisotopic (exact) mass is 303 g/mol. The third-order valence-corrected chi connectivity index (χ3v) is 3.88. The van der Waals surface area contributed by atoms with Gasteiger partial charge in [0.05, 0.1) is 26.4 Å². The number of rotatable bonds is 8. The van der Waals surface area contributed by atoms with Gasteiger partial charge in [0.25, 0.3) is 0 Å². The molecule has 0 saturated heterocycles. The van der Waals surface area contributed by atoms with Gasteiger partial charge in [-0.2, -0.15) is 0 Å². The van der Waals surface area contributed by atoms with Crippen molar-refractivity contribution < 1.29 is 27.8 Å². The van der Waals surface area contributed by atoms with Crippen LogP contribution in [0.4, 0.5) is 0 Å². The lowest BCUT2D eigenvalue weighted by Crippen LogP contribution is -2.27. The van der Waals surface area contributed by atoms with E-state index in [9.17, 15) is 13.2 Å². The molecule has 0 aliphatic heterocycles. The third-order valence-electron chi connectivity index (χ3n) is 2.55. The van der Waals surface area contributed by atoms with E-state index in [-0.39, 0.29) is 6.54 Å². The Bertz CT molecular complexity index is 569. The van der Waals surface area contributed by atoms with E-state index < -0.39 is 28.2 Å². The van der Waals surface area contributed by atoms with Crippen molar-refractivity contribution in [3.63, 3.8) is 0 Å². The van der Waals surface area contributed by atoms with Crippen LogP contribution in [0.3, 0.4) is 0 Å². The Labute approximate surface area is 117 Å². The van der Waals surface area contributed by atoms with Crippen LogP contribution in [0.25, 0.3) is 0 Å². The van der Waals surface area contributed by atoms with Crippen LogP contribution >= 0.6 is 0 Å². The number of hydrogen-bond acceptors (Lipinski definition) is 5. The van der Waals surface area contributed by atoms with Crippen LogP contribution < -0.4 is 14.2 Å². The SMILES string of the molecule is COc1ccc(OC)c(CNS(=O)(=O)CCC(=O)O)c1. The normalized spacial score (nSPS) is 11.1. The minimum atomic E-state index is -3.65. The molecule has 20 heavy (non-hydrogen) atoms. The van der Waals surface area contributed by atoms with E-state index in [1.54, 1.807) is 18.2 Å². The van der Waals surface area contributed by atoms with Gasteiger partial charge < -0.3 is 14.6 Å². The number of carboxylic acids is 1. The first-order valence-electron chi connectivity index (χ1n) is 5.78. The van der Waals surface area contributed by atoms with Crippen LogP contribution in [0.2, 0.25) is 0 Å². The van der Waals surface area contributed by atoms with E-state index in [4.69, 9.17) is 14.6 Å². The Kier molecular flexibility index (Phi) is 5.78. The first kappa shape index (κ1) is 16.3. The quantitative estimate of drug-likeness (QED) is 0.729. The number of aliphatic carboxylic acids is 1. The van der Waals surface area contributed by atoms with Gasteiger partial charge in [0.15, 0.2) is 0 Å². The van der Waals surface area contributed by atoms with Crippen molar-refractivity contribution in [1.29, 1.82) is 0 Å². The van der Waals surface area contributed by atoms with E-state index in [1.807, 2.05) is 0 Å². The van der Waals surface area contributed by atoms with Crippen molar-refractivity contribution in [2.24, 2.45) is 0 Å². The average molecular weight is 303 g/mol. The predicted molar refractivity (Wildman–Crippen MR) is 72.4 cm³/mol. The highest BCUT2D eigenvalue weighted by Gasteiger charge is 2.14. The van der Waals surface area contributed by atoms with E-state index in [0.717, 1.165) is 0 Å². The molecule has 0 heterocycles. The zero-order valence-electron chi connectivity index (χ0n) is 11.3. The summed E-state index contributed by atoms with van der Waals surface area (Å²) in [7, 11) is -0.668. The molecule has 0 aliphatic rings. The van der Waals surface area contributed by atoms with E-state index in [2.05, 4.69) is 4.72 Å². The molecule has 7 nitrogen and oxygen atoms in total. The maximum atomic E-state index is 11.6. The van der Waals surface area contributed by atoms with Crippen molar-refractivity contribution in [3.05, 3.63) is 23.8 Å². The minimum Gasteiger partial charge on any atom is -0.497 e. The maximum Gasteiger partial charge on any atom is 0.304 e.